The fraction of sp³-hybridized carbons (Fsp3) is 0.471. The molecule has 3 rings (SSSR count). The first-order valence-electron chi connectivity index (χ1n) is 7.69. The zero-order valence-electron chi connectivity index (χ0n) is 12.5. The normalized spacial score (nSPS) is 14.5. The number of rotatable bonds is 8. The molecule has 0 amide bonds. The Balaban J connectivity index is 1.76. The summed E-state index contributed by atoms with van der Waals surface area (Å²) in [7, 11) is 0. The van der Waals surface area contributed by atoms with Gasteiger partial charge in [0.1, 0.15) is 6.61 Å². The molecule has 1 aromatic carbocycles. The predicted octanol–water partition coefficient (Wildman–Crippen LogP) is 2.90. The molecule has 2 aromatic rings. The molecule has 1 fully saturated rings. The van der Waals surface area contributed by atoms with Gasteiger partial charge in [0, 0.05) is 30.8 Å². The summed E-state index contributed by atoms with van der Waals surface area (Å²) in [5.41, 5.74) is 1.23. The molecule has 0 unspecified atom stereocenters. The maximum atomic E-state index is 5.76. The zero-order chi connectivity index (χ0) is 14.5. The van der Waals surface area contributed by atoms with Crippen LogP contribution in [0, 0.1) is 0 Å². The van der Waals surface area contributed by atoms with Crippen LogP contribution >= 0.6 is 0 Å². The van der Waals surface area contributed by atoms with Gasteiger partial charge in [-0.05, 0) is 36.8 Å². The third-order valence-electron chi connectivity index (χ3n) is 3.67. The Bertz CT molecular complexity index is 596. The van der Waals surface area contributed by atoms with E-state index in [9.17, 15) is 0 Å². The summed E-state index contributed by atoms with van der Waals surface area (Å²) in [6.07, 6.45) is 4.52. The van der Waals surface area contributed by atoms with Crippen molar-refractivity contribution in [1.29, 1.82) is 0 Å². The van der Waals surface area contributed by atoms with Crippen LogP contribution in [0.1, 0.15) is 25.3 Å². The first-order valence-corrected chi connectivity index (χ1v) is 7.69. The lowest BCUT2D eigenvalue weighted by Gasteiger charge is -2.12. The molecule has 0 bridgehead atoms. The van der Waals surface area contributed by atoms with Gasteiger partial charge in [0.05, 0.1) is 6.61 Å². The van der Waals surface area contributed by atoms with Gasteiger partial charge in [-0.3, -0.25) is 0 Å². The highest BCUT2D eigenvalue weighted by atomic mass is 16.5. The largest absolute Gasteiger partial charge is 0.475 e. The second-order valence-electron chi connectivity index (χ2n) is 5.33. The van der Waals surface area contributed by atoms with E-state index < -0.39 is 0 Å². The van der Waals surface area contributed by atoms with Gasteiger partial charge in [-0.25, -0.2) is 4.98 Å². The lowest BCUT2D eigenvalue weighted by molar-refractivity contribution is 0.109. The zero-order valence-corrected chi connectivity index (χ0v) is 12.5. The standard InChI is InChI=1S/C17H22N2O2/c1-2-20-9-10-21-17-16-6-4-3-5-15(16)13(12-19-17)11-18-14-7-8-14/h3-6,12,14,18H,2,7-11H2,1H3. The van der Waals surface area contributed by atoms with Crippen LogP contribution in [0.15, 0.2) is 30.5 Å². The number of hydrogen-bond acceptors (Lipinski definition) is 4. The molecule has 1 N–H and O–H groups in total. The minimum Gasteiger partial charge on any atom is -0.475 e. The van der Waals surface area contributed by atoms with Crippen molar-refractivity contribution in [1.82, 2.24) is 10.3 Å². The summed E-state index contributed by atoms with van der Waals surface area (Å²) >= 11 is 0. The minimum atomic E-state index is 0.532. The summed E-state index contributed by atoms with van der Waals surface area (Å²) in [4.78, 5) is 4.49. The monoisotopic (exact) mass is 286 g/mol. The molecular formula is C17H22N2O2. The highest BCUT2D eigenvalue weighted by Crippen LogP contribution is 2.27. The molecule has 112 valence electrons. The molecule has 0 aliphatic heterocycles. The quantitative estimate of drug-likeness (QED) is 0.758. The van der Waals surface area contributed by atoms with Crippen LogP contribution in [0.2, 0.25) is 0 Å². The molecular weight excluding hydrogens is 264 g/mol. The molecule has 21 heavy (non-hydrogen) atoms. The molecule has 1 saturated carbocycles. The Morgan fingerprint density at radius 1 is 1.19 bits per heavy atom. The van der Waals surface area contributed by atoms with Gasteiger partial charge in [-0.1, -0.05) is 18.2 Å². The van der Waals surface area contributed by atoms with Crippen LogP contribution in [-0.2, 0) is 11.3 Å². The fourth-order valence-electron chi connectivity index (χ4n) is 2.36. The summed E-state index contributed by atoms with van der Waals surface area (Å²) < 4.78 is 11.1. The van der Waals surface area contributed by atoms with Gasteiger partial charge in [0.15, 0.2) is 0 Å². The molecule has 1 aliphatic rings. The van der Waals surface area contributed by atoms with Crippen LogP contribution in [0.25, 0.3) is 10.8 Å². The van der Waals surface area contributed by atoms with Crippen molar-refractivity contribution < 1.29 is 9.47 Å². The second kappa shape index (κ2) is 6.87. The average Bonchev–Trinajstić information content (AvgIpc) is 3.34. The average molecular weight is 286 g/mol. The third-order valence-corrected chi connectivity index (χ3v) is 3.67. The molecule has 0 saturated heterocycles. The Morgan fingerprint density at radius 2 is 2.00 bits per heavy atom. The van der Waals surface area contributed by atoms with Crippen molar-refractivity contribution in [2.45, 2.75) is 32.4 Å². The highest BCUT2D eigenvalue weighted by molar-refractivity contribution is 5.89. The molecule has 0 radical (unpaired) electrons. The second-order valence-corrected chi connectivity index (χ2v) is 5.33. The summed E-state index contributed by atoms with van der Waals surface area (Å²) in [6.45, 7) is 4.69. The van der Waals surface area contributed by atoms with E-state index in [-0.39, 0.29) is 0 Å². The van der Waals surface area contributed by atoms with Crippen LogP contribution < -0.4 is 10.1 Å². The molecule has 0 atom stereocenters. The van der Waals surface area contributed by atoms with Crippen LogP contribution in [-0.4, -0.2) is 30.8 Å². The van der Waals surface area contributed by atoms with E-state index in [1.54, 1.807) is 0 Å². The first-order chi connectivity index (χ1) is 10.4. The lowest BCUT2D eigenvalue weighted by Crippen LogP contribution is -2.16. The summed E-state index contributed by atoms with van der Waals surface area (Å²) in [5, 5.41) is 5.83. The topological polar surface area (TPSA) is 43.4 Å². The Morgan fingerprint density at radius 3 is 2.76 bits per heavy atom. The van der Waals surface area contributed by atoms with Gasteiger partial charge >= 0.3 is 0 Å². The lowest BCUT2D eigenvalue weighted by atomic mass is 10.1. The van der Waals surface area contributed by atoms with E-state index in [0.29, 0.717) is 31.7 Å². The van der Waals surface area contributed by atoms with Crippen molar-refractivity contribution in [3.63, 3.8) is 0 Å². The maximum absolute atomic E-state index is 5.76. The first kappa shape index (κ1) is 14.3. The number of aromatic nitrogens is 1. The van der Waals surface area contributed by atoms with E-state index in [1.807, 2.05) is 19.2 Å². The Hall–Kier alpha value is -1.65. The van der Waals surface area contributed by atoms with Gasteiger partial charge in [0.2, 0.25) is 5.88 Å². The van der Waals surface area contributed by atoms with Gasteiger partial charge in [0.25, 0.3) is 0 Å². The van der Waals surface area contributed by atoms with Gasteiger partial charge in [-0.2, -0.15) is 0 Å². The van der Waals surface area contributed by atoms with Crippen molar-refractivity contribution >= 4 is 10.8 Å². The van der Waals surface area contributed by atoms with Crippen LogP contribution in [0.3, 0.4) is 0 Å². The number of fused-ring (bicyclic) bond motifs is 1. The van der Waals surface area contributed by atoms with Crippen molar-refractivity contribution in [3.8, 4) is 5.88 Å². The van der Waals surface area contributed by atoms with Crippen LogP contribution in [0.5, 0.6) is 5.88 Å². The van der Waals surface area contributed by atoms with E-state index in [1.165, 1.54) is 23.8 Å². The van der Waals surface area contributed by atoms with Crippen molar-refractivity contribution in [2.24, 2.45) is 0 Å². The highest BCUT2D eigenvalue weighted by Gasteiger charge is 2.20. The number of hydrogen-bond donors (Lipinski definition) is 1. The number of pyridine rings is 1. The maximum Gasteiger partial charge on any atom is 0.221 e. The third kappa shape index (κ3) is 3.71. The van der Waals surface area contributed by atoms with E-state index >= 15 is 0 Å². The number of benzene rings is 1. The fourth-order valence-corrected chi connectivity index (χ4v) is 2.36. The molecule has 0 spiro atoms. The smallest absolute Gasteiger partial charge is 0.221 e. The molecule has 4 nitrogen and oxygen atoms in total. The number of ether oxygens (including phenoxy) is 2. The number of nitrogens with zero attached hydrogens (tertiary/aromatic N) is 1. The molecule has 1 aliphatic carbocycles. The molecule has 1 heterocycles. The van der Waals surface area contributed by atoms with E-state index in [4.69, 9.17) is 9.47 Å². The minimum absolute atomic E-state index is 0.532. The summed E-state index contributed by atoms with van der Waals surface area (Å²) in [5.74, 6) is 0.695. The predicted molar refractivity (Wildman–Crippen MR) is 83.6 cm³/mol. The van der Waals surface area contributed by atoms with Crippen molar-refractivity contribution in [2.75, 3.05) is 19.8 Å². The van der Waals surface area contributed by atoms with E-state index in [2.05, 4.69) is 28.5 Å². The van der Waals surface area contributed by atoms with Crippen molar-refractivity contribution in [3.05, 3.63) is 36.0 Å². The van der Waals surface area contributed by atoms with E-state index in [0.717, 1.165) is 11.9 Å². The van der Waals surface area contributed by atoms with Gasteiger partial charge < -0.3 is 14.8 Å². The number of nitrogens with one attached hydrogen (secondary N) is 1. The Labute approximate surface area is 125 Å². The summed E-state index contributed by atoms with van der Waals surface area (Å²) in [6, 6.07) is 8.99. The van der Waals surface area contributed by atoms with Gasteiger partial charge in [-0.15, -0.1) is 0 Å². The SMILES string of the molecule is CCOCCOc1ncc(CNC2CC2)c2ccccc12. The molecule has 4 heteroatoms. The van der Waals surface area contributed by atoms with Crippen LogP contribution in [0.4, 0.5) is 0 Å². The Kier molecular flexibility index (Phi) is 4.68. The molecule has 1 aromatic heterocycles.